The molecule has 0 unspecified atom stereocenters. The van der Waals surface area contributed by atoms with Crippen LogP contribution in [0.3, 0.4) is 0 Å². The number of amides is 1. The second-order valence-electron chi connectivity index (χ2n) is 6.22. The van der Waals surface area contributed by atoms with E-state index < -0.39 is 11.2 Å². The molecule has 140 valence electrons. The zero-order valence-electron chi connectivity index (χ0n) is 15.4. The first kappa shape index (κ1) is 18.4. The van der Waals surface area contributed by atoms with Crippen molar-refractivity contribution in [3.8, 4) is 5.75 Å². The summed E-state index contributed by atoms with van der Waals surface area (Å²) in [5.41, 5.74) is 0.620. The van der Waals surface area contributed by atoms with E-state index in [1.807, 2.05) is 31.2 Å². The van der Waals surface area contributed by atoms with Crippen molar-refractivity contribution < 1.29 is 9.53 Å². The van der Waals surface area contributed by atoms with E-state index in [9.17, 15) is 14.4 Å². The van der Waals surface area contributed by atoms with Crippen molar-refractivity contribution in [2.75, 3.05) is 13.2 Å². The highest BCUT2D eigenvalue weighted by Gasteiger charge is 2.13. The van der Waals surface area contributed by atoms with Gasteiger partial charge in [0.25, 0.3) is 11.5 Å². The van der Waals surface area contributed by atoms with Crippen LogP contribution in [0.25, 0.3) is 11.0 Å². The summed E-state index contributed by atoms with van der Waals surface area (Å²) < 4.78 is 7.84. The minimum absolute atomic E-state index is 0.211. The first-order chi connectivity index (χ1) is 12.9. The lowest BCUT2D eigenvalue weighted by atomic mass is 10.2. The molecule has 2 heterocycles. The Morgan fingerprint density at radius 3 is 2.70 bits per heavy atom. The molecule has 0 radical (unpaired) electrons. The number of nitrogens with zero attached hydrogens (tertiary/aromatic N) is 3. The van der Waals surface area contributed by atoms with Crippen LogP contribution >= 0.6 is 0 Å². The molecule has 8 heteroatoms. The Morgan fingerprint density at radius 1 is 1.19 bits per heavy atom. The number of pyridine rings is 1. The van der Waals surface area contributed by atoms with Gasteiger partial charge in [-0.05, 0) is 30.7 Å². The number of ether oxygens (including phenoxy) is 1. The zero-order chi connectivity index (χ0) is 19.6. The maximum absolute atomic E-state index is 12.3. The van der Waals surface area contributed by atoms with Gasteiger partial charge in [-0.3, -0.25) is 18.7 Å². The van der Waals surface area contributed by atoms with Gasteiger partial charge < -0.3 is 10.1 Å². The van der Waals surface area contributed by atoms with Gasteiger partial charge in [-0.2, -0.15) is 0 Å². The molecular weight excluding hydrogens is 348 g/mol. The van der Waals surface area contributed by atoms with Crippen molar-refractivity contribution in [2.45, 2.75) is 6.92 Å². The number of nitrogens with one attached hydrogen (secondary N) is 1. The number of carbonyl (C=O) groups is 1. The van der Waals surface area contributed by atoms with Crippen molar-refractivity contribution in [3.63, 3.8) is 0 Å². The molecule has 1 aromatic carbocycles. The van der Waals surface area contributed by atoms with E-state index in [1.54, 1.807) is 0 Å². The number of benzene rings is 1. The quantitative estimate of drug-likeness (QED) is 0.671. The highest BCUT2D eigenvalue weighted by molar-refractivity contribution is 5.96. The van der Waals surface area contributed by atoms with Crippen LogP contribution in [0.4, 0.5) is 0 Å². The van der Waals surface area contributed by atoms with Gasteiger partial charge in [0, 0.05) is 20.3 Å². The highest BCUT2D eigenvalue weighted by Crippen LogP contribution is 2.12. The standard InChI is InChI=1S/C19H20N4O4/c1-12-5-4-6-14(9-12)27-8-7-20-17(24)13-10-15-16(21-11-13)22(2)19(26)23(3)18(15)25/h4-6,9-11H,7-8H2,1-3H3,(H,20,24). The van der Waals surface area contributed by atoms with Crippen molar-refractivity contribution in [2.24, 2.45) is 14.1 Å². The number of carbonyl (C=O) groups excluding carboxylic acids is 1. The van der Waals surface area contributed by atoms with Crippen LogP contribution in [0.1, 0.15) is 15.9 Å². The van der Waals surface area contributed by atoms with Gasteiger partial charge in [0.1, 0.15) is 18.0 Å². The molecule has 3 rings (SSSR count). The van der Waals surface area contributed by atoms with E-state index in [4.69, 9.17) is 4.74 Å². The molecule has 3 aromatic rings. The van der Waals surface area contributed by atoms with Crippen molar-refractivity contribution in [3.05, 3.63) is 68.5 Å². The fraction of sp³-hybridized carbons (Fsp3) is 0.263. The number of aromatic nitrogens is 3. The maximum atomic E-state index is 12.3. The predicted octanol–water partition coefficient (Wildman–Crippen LogP) is 0.749. The summed E-state index contributed by atoms with van der Waals surface area (Å²) in [4.78, 5) is 40.6. The lowest BCUT2D eigenvalue weighted by molar-refractivity contribution is 0.0947. The summed E-state index contributed by atoms with van der Waals surface area (Å²) >= 11 is 0. The number of hydrogen-bond donors (Lipinski definition) is 1. The number of hydrogen-bond acceptors (Lipinski definition) is 5. The molecule has 0 saturated carbocycles. The molecule has 0 bridgehead atoms. The Balaban J connectivity index is 1.71. The molecule has 1 amide bonds. The zero-order valence-corrected chi connectivity index (χ0v) is 15.4. The van der Waals surface area contributed by atoms with Gasteiger partial charge in [0.05, 0.1) is 17.5 Å². The number of rotatable bonds is 5. The second kappa shape index (κ2) is 7.45. The molecule has 8 nitrogen and oxygen atoms in total. The Labute approximate surface area is 155 Å². The van der Waals surface area contributed by atoms with Crippen LogP contribution in [0.2, 0.25) is 0 Å². The molecule has 0 aliphatic carbocycles. The van der Waals surface area contributed by atoms with E-state index >= 15 is 0 Å². The summed E-state index contributed by atoms with van der Waals surface area (Å²) in [5, 5.41) is 2.94. The lowest BCUT2D eigenvalue weighted by Crippen LogP contribution is -2.37. The molecule has 0 fully saturated rings. The van der Waals surface area contributed by atoms with E-state index in [0.717, 1.165) is 15.9 Å². The van der Waals surface area contributed by atoms with E-state index in [-0.39, 0.29) is 22.5 Å². The number of aryl methyl sites for hydroxylation is 2. The van der Waals surface area contributed by atoms with Gasteiger partial charge in [-0.25, -0.2) is 9.78 Å². The first-order valence-corrected chi connectivity index (χ1v) is 8.42. The molecule has 1 N–H and O–H groups in total. The average Bonchev–Trinajstić information content (AvgIpc) is 2.67. The molecule has 0 atom stereocenters. The van der Waals surface area contributed by atoms with Crippen LogP contribution in [-0.4, -0.2) is 33.2 Å². The smallest absolute Gasteiger partial charge is 0.332 e. The van der Waals surface area contributed by atoms with E-state index in [0.29, 0.717) is 13.2 Å². The van der Waals surface area contributed by atoms with Crippen molar-refractivity contribution in [1.29, 1.82) is 0 Å². The summed E-state index contributed by atoms with van der Waals surface area (Å²) in [6.07, 6.45) is 1.35. The minimum atomic E-state index is -0.488. The average molecular weight is 368 g/mol. The lowest BCUT2D eigenvalue weighted by Gasteiger charge is -2.10. The number of fused-ring (bicyclic) bond motifs is 1. The fourth-order valence-electron chi connectivity index (χ4n) is 2.73. The van der Waals surface area contributed by atoms with Gasteiger partial charge in [-0.1, -0.05) is 12.1 Å². The minimum Gasteiger partial charge on any atom is -0.492 e. The molecule has 27 heavy (non-hydrogen) atoms. The Kier molecular flexibility index (Phi) is 5.07. The summed E-state index contributed by atoms with van der Waals surface area (Å²) in [7, 11) is 2.92. The third kappa shape index (κ3) is 3.74. The molecular formula is C19H20N4O4. The van der Waals surface area contributed by atoms with Crippen LogP contribution in [0.5, 0.6) is 5.75 Å². The van der Waals surface area contributed by atoms with Crippen molar-refractivity contribution in [1.82, 2.24) is 19.4 Å². The van der Waals surface area contributed by atoms with Crippen molar-refractivity contribution >= 4 is 16.9 Å². The van der Waals surface area contributed by atoms with Crippen LogP contribution in [0.15, 0.2) is 46.1 Å². The molecule has 0 aliphatic heterocycles. The van der Waals surface area contributed by atoms with Gasteiger partial charge >= 0.3 is 5.69 Å². The van der Waals surface area contributed by atoms with E-state index in [2.05, 4.69) is 10.3 Å². The largest absolute Gasteiger partial charge is 0.492 e. The predicted molar refractivity (Wildman–Crippen MR) is 101 cm³/mol. The van der Waals surface area contributed by atoms with Crippen LogP contribution in [-0.2, 0) is 14.1 Å². The highest BCUT2D eigenvalue weighted by atomic mass is 16.5. The van der Waals surface area contributed by atoms with Gasteiger partial charge in [0.15, 0.2) is 0 Å². The van der Waals surface area contributed by atoms with Crippen LogP contribution in [0, 0.1) is 6.92 Å². The molecule has 2 aromatic heterocycles. The molecule has 0 aliphatic rings. The van der Waals surface area contributed by atoms with E-state index in [1.165, 1.54) is 30.9 Å². The Hall–Kier alpha value is -3.42. The summed E-state index contributed by atoms with van der Waals surface area (Å²) in [6, 6.07) is 9.08. The fourth-order valence-corrected chi connectivity index (χ4v) is 2.73. The maximum Gasteiger partial charge on any atom is 0.332 e. The monoisotopic (exact) mass is 368 g/mol. The summed E-state index contributed by atoms with van der Waals surface area (Å²) in [6.45, 7) is 2.59. The first-order valence-electron chi connectivity index (χ1n) is 8.42. The van der Waals surface area contributed by atoms with Crippen LogP contribution < -0.4 is 21.3 Å². The Morgan fingerprint density at radius 2 is 1.96 bits per heavy atom. The van der Waals surface area contributed by atoms with Gasteiger partial charge in [-0.15, -0.1) is 0 Å². The third-order valence-electron chi connectivity index (χ3n) is 4.20. The van der Waals surface area contributed by atoms with Gasteiger partial charge in [0.2, 0.25) is 0 Å². The summed E-state index contributed by atoms with van der Waals surface area (Å²) in [5.74, 6) is 0.370. The molecule has 0 saturated heterocycles. The SMILES string of the molecule is Cc1cccc(OCCNC(=O)c2cnc3c(c2)c(=O)n(C)c(=O)n3C)c1. The Bertz CT molecular complexity index is 1130. The normalized spacial score (nSPS) is 10.8. The second-order valence-corrected chi connectivity index (χ2v) is 6.22. The third-order valence-corrected chi connectivity index (χ3v) is 4.20. The molecule has 0 spiro atoms. The topological polar surface area (TPSA) is 95.2 Å².